The van der Waals surface area contributed by atoms with Crippen molar-refractivity contribution in [2.24, 2.45) is 0 Å². The molecule has 1 aromatic rings. The third kappa shape index (κ3) is 1.90. The Balaban J connectivity index is 2.79. The van der Waals surface area contributed by atoms with Crippen LogP contribution in [0.15, 0.2) is 16.5 Å². The lowest BCUT2D eigenvalue weighted by Gasteiger charge is -1.96. The van der Waals surface area contributed by atoms with Crippen molar-refractivity contribution in [3.05, 3.63) is 23.7 Å². The van der Waals surface area contributed by atoms with Crippen molar-refractivity contribution in [1.82, 2.24) is 0 Å². The zero-order valence-corrected chi connectivity index (χ0v) is 7.29. The molecule has 1 atom stereocenters. The molecule has 0 aromatic carbocycles. The Hall–Kier alpha value is -1.20. The molecule has 2 nitrogen and oxygen atoms in total. The summed E-state index contributed by atoms with van der Waals surface area (Å²) in [7, 11) is 0. The zero-order valence-electron chi connectivity index (χ0n) is 7.29. The van der Waals surface area contributed by atoms with E-state index in [2.05, 4.69) is 11.8 Å². The molecular formula is C10H12O2. The van der Waals surface area contributed by atoms with Crippen LogP contribution >= 0.6 is 0 Å². The van der Waals surface area contributed by atoms with Crippen molar-refractivity contribution >= 4 is 0 Å². The van der Waals surface area contributed by atoms with Gasteiger partial charge in [0.15, 0.2) is 6.10 Å². The number of hydrogen-bond donors (Lipinski definition) is 1. The van der Waals surface area contributed by atoms with Gasteiger partial charge in [-0.05, 0) is 19.1 Å². The van der Waals surface area contributed by atoms with Gasteiger partial charge in [-0.25, -0.2) is 0 Å². The van der Waals surface area contributed by atoms with E-state index in [1.54, 1.807) is 13.0 Å². The predicted octanol–water partition coefficient (Wildman–Crippen LogP) is 1.90. The summed E-state index contributed by atoms with van der Waals surface area (Å²) in [4.78, 5) is 0. The largest absolute Gasteiger partial charge is 0.462 e. The monoisotopic (exact) mass is 164 g/mol. The highest BCUT2D eigenvalue weighted by Crippen LogP contribution is 2.15. The van der Waals surface area contributed by atoms with Gasteiger partial charge in [0.2, 0.25) is 0 Å². The van der Waals surface area contributed by atoms with E-state index in [0.717, 1.165) is 12.2 Å². The highest BCUT2D eigenvalue weighted by molar-refractivity contribution is 5.17. The van der Waals surface area contributed by atoms with Gasteiger partial charge in [-0.3, -0.25) is 0 Å². The van der Waals surface area contributed by atoms with Crippen molar-refractivity contribution in [2.75, 3.05) is 0 Å². The van der Waals surface area contributed by atoms with Crippen LogP contribution in [-0.4, -0.2) is 5.11 Å². The van der Waals surface area contributed by atoms with Crippen LogP contribution in [0.25, 0.3) is 0 Å². The second-order valence-corrected chi connectivity index (χ2v) is 2.45. The summed E-state index contributed by atoms with van der Waals surface area (Å²) in [5.74, 6) is 6.65. The third-order valence-corrected chi connectivity index (χ3v) is 1.58. The van der Waals surface area contributed by atoms with Crippen LogP contribution in [0.4, 0.5) is 0 Å². The molecule has 1 aromatic heterocycles. The van der Waals surface area contributed by atoms with E-state index in [9.17, 15) is 5.11 Å². The fourth-order valence-electron chi connectivity index (χ4n) is 0.939. The van der Waals surface area contributed by atoms with Crippen LogP contribution in [-0.2, 0) is 6.42 Å². The van der Waals surface area contributed by atoms with Crippen molar-refractivity contribution in [3.8, 4) is 11.8 Å². The molecule has 1 rings (SSSR count). The van der Waals surface area contributed by atoms with Crippen LogP contribution in [0, 0.1) is 11.8 Å². The number of furan rings is 1. The van der Waals surface area contributed by atoms with Gasteiger partial charge in [0, 0.05) is 6.42 Å². The lowest BCUT2D eigenvalue weighted by atomic mass is 10.3. The van der Waals surface area contributed by atoms with Gasteiger partial charge in [0.1, 0.15) is 11.5 Å². The Kier molecular flexibility index (Phi) is 2.95. The van der Waals surface area contributed by atoms with Crippen LogP contribution in [0.3, 0.4) is 0 Å². The SMILES string of the molecule is CC#CC(O)c1ccc(CC)o1. The Morgan fingerprint density at radius 1 is 1.58 bits per heavy atom. The van der Waals surface area contributed by atoms with E-state index in [1.807, 2.05) is 13.0 Å². The minimum Gasteiger partial charge on any atom is -0.462 e. The Labute approximate surface area is 72.2 Å². The molecule has 0 amide bonds. The van der Waals surface area contributed by atoms with Crippen molar-refractivity contribution < 1.29 is 9.52 Å². The molecule has 0 aliphatic rings. The van der Waals surface area contributed by atoms with Crippen LogP contribution in [0.1, 0.15) is 31.5 Å². The first-order valence-electron chi connectivity index (χ1n) is 3.97. The van der Waals surface area contributed by atoms with Crippen LogP contribution < -0.4 is 0 Å². The minimum absolute atomic E-state index is 0.529. The zero-order chi connectivity index (χ0) is 8.97. The summed E-state index contributed by atoms with van der Waals surface area (Å²) in [5.41, 5.74) is 0. The van der Waals surface area contributed by atoms with Gasteiger partial charge in [-0.1, -0.05) is 12.8 Å². The standard InChI is InChI=1S/C10H12O2/c1-3-5-9(11)10-7-6-8(4-2)12-10/h6-7,9,11H,4H2,1-2H3. The van der Waals surface area contributed by atoms with Gasteiger partial charge >= 0.3 is 0 Å². The summed E-state index contributed by atoms with van der Waals surface area (Å²) in [5, 5.41) is 9.36. The Bertz CT molecular complexity index is 301. The summed E-state index contributed by atoms with van der Waals surface area (Å²) in [6, 6.07) is 3.61. The van der Waals surface area contributed by atoms with Gasteiger partial charge < -0.3 is 9.52 Å². The van der Waals surface area contributed by atoms with Gasteiger partial charge in [-0.2, -0.15) is 0 Å². The fourth-order valence-corrected chi connectivity index (χ4v) is 0.939. The highest BCUT2D eigenvalue weighted by atomic mass is 16.4. The molecule has 0 saturated heterocycles. The molecular weight excluding hydrogens is 152 g/mol. The number of rotatable bonds is 2. The number of aryl methyl sites for hydroxylation is 1. The Morgan fingerprint density at radius 2 is 2.33 bits per heavy atom. The van der Waals surface area contributed by atoms with E-state index >= 15 is 0 Å². The lowest BCUT2D eigenvalue weighted by Crippen LogP contribution is -1.89. The van der Waals surface area contributed by atoms with E-state index in [0.29, 0.717) is 5.76 Å². The summed E-state index contributed by atoms with van der Waals surface area (Å²) < 4.78 is 5.29. The first-order chi connectivity index (χ1) is 5.77. The van der Waals surface area contributed by atoms with E-state index in [4.69, 9.17) is 4.42 Å². The molecule has 12 heavy (non-hydrogen) atoms. The molecule has 0 saturated carbocycles. The second kappa shape index (κ2) is 3.99. The molecule has 1 heterocycles. The topological polar surface area (TPSA) is 33.4 Å². The molecule has 0 aliphatic heterocycles. The van der Waals surface area contributed by atoms with Crippen molar-refractivity contribution in [2.45, 2.75) is 26.4 Å². The highest BCUT2D eigenvalue weighted by Gasteiger charge is 2.07. The molecule has 1 N–H and O–H groups in total. The molecule has 1 unspecified atom stereocenters. The second-order valence-electron chi connectivity index (χ2n) is 2.45. The Morgan fingerprint density at radius 3 is 2.83 bits per heavy atom. The smallest absolute Gasteiger partial charge is 0.172 e. The quantitative estimate of drug-likeness (QED) is 0.677. The fraction of sp³-hybridized carbons (Fsp3) is 0.400. The first kappa shape index (κ1) is 8.89. The maximum atomic E-state index is 9.36. The average Bonchev–Trinajstić information content (AvgIpc) is 2.52. The molecule has 0 spiro atoms. The maximum Gasteiger partial charge on any atom is 0.172 e. The van der Waals surface area contributed by atoms with Gasteiger partial charge in [0.05, 0.1) is 0 Å². The molecule has 0 fully saturated rings. The molecule has 64 valence electrons. The normalized spacial score (nSPS) is 11.9. The number of aliphatic hydroxyl groups excluding tert-OH is 1. The first-order valence-corrected chi connectivity index (χ1v) is 3.97. The van der Waals surface area contributed by atoms with Crippen molar-refractivity contribution in [3.63, 3.8) is 0 Å². The molecule has 0 bridgehead atoms. The minimum atomic E-state index is -0.782. The number of hydrogen-bond acceptors (Lipinski definition) is 2. The van der Waals surface area contributed by atoms with Crippen LogP contribution in [0.5, 0.6) is 0 Å². The van der Waals surface area contributed by atoms with Gasteiger partial charge in [-0.15, -0.1) is 5.92 Å². The van der Waals surface area contributed by atoms with E-state index in [-0.39, 0.29) is 0 Å². The molecule has 0 radical (unpaired) electrons. The summed E-state index contributed by atoms with van der Waals surface area (Å²) in [6.45, 7) is 3.69. The predicted molar refractivity (Wildman–Crippen MR) is 46.5 cm³/mol. The average molecular weight is 164 g/mol. The molecule has 2 heteroatoms. The maximum absolute atomic E-state index is 9.36. The summed E-state index contributed by atoms with van der Waals surface area (Å²) >= 11 is 0. The van der Waals surface area contributed by atoms with E-state index in [1.165, 1.54) is 0 Å². The van der Waals surface area contributed by atoms with Crippen molar-refractivity contribution in [1.29, 1.82) is 0 Å². The van der Waals surface area contributed by atoms with Crippen LogP contribution in [0.2, 0.25) is 0 Å². The van der Waals surface area contributed by atoms with E-state index < -0.39 is 6.10 Å². The molecule has 0 aliphatic carbocycles. The lowest BCUT2D eigenvalue weighted by molar-refractivity contribution is 0.203. The van der Waals surface area contributed by atoms with Gasteiger partial charge in [0.25, 0.3) is 0 Å². The number of aliphatic hydroxyl groups is 1. The third-order valence-electron chi connectivity index (χ3n) is 1.58. The summed E-state index contributed by atoms with van der Waals surface area (Å²) in [6.07, 6.45) is 0.0574.